The summed E-state index contributed by atoms with van der Waals surface area (Å²) in [6.07, 6.45) is 0. The maximum Gasteiger partial charge on any atom is 0.132 e. The molecule has 0 amide bonds. The molecule has 230 valence electrons. The highest BCUT2D eigenvalue weighted by Gasteiger charge is 2.45. The summed E-state index contributed by atoms with van der Waals surface area (Å²) < 4.78 is 9.21. The fraction of sp³-hybridized carbons (Fsp3) is 0.0213. The van der Waals surface area contributed by atoms with Crippen molar-refractivity contribution in [1.82, 2.24) is 4.57 Å². The summed E-state index contributed by atoms with van der Waals surface area (Å²) in [4.78, 5) is 0. The average molecular weight is 626 g/mol. The Hall–Kier alpha value is -6.38. The third-order valence-electron chi connectivity index (χ3n) is 10.3. The van der Waals surface area contributed by atoms with Crippen LogP contribution >= 0.6 is 0 Å². The lowest BCUT2D eigenvalue weighted by Crippen LogP contribution is -2.34. The van der Waals surface area contributed by atoms with Gasteiger partial charge in [-0.25, -0.2) is 0 Å². The highest BCUT2D eigenvalue weighted by atomic mass is 16.5. The molecule has 1 aliphatic heterocycles. The molecule has 1 aliphatic rings. The minimum Gasteiger partial charge on any atom is -0.457 e. The molecule has 2 nitrogen and oxygen atoms in total. The first kappa shape index (κ1) is 27.7. The van der Waals surface area contributed by atoms with Gasteiger partial charge in [0.2, 0.25) is 0 Å². The fourth-order valence-electron chi connectivity index (χ4n) is 8.21. The van der Waals surface area contributed by atoms with Crippen LogP contribution in [0.15, 0.2) is 188 Å². The highest BCUT2D eigenvalue weighted by molar-refractivity contribution is 6.11. The van der Waals surface area contributed by atoms with E-state index in [4.69, 9.17) is 4.74 Å². The van der Waals surface area contributed by atoms with E-state index in [9.17, 15) is 0 Å². The Balaban J connectivity index is 1.19. The summed E-state index contributed by atoms with van der Waals surface area (Å²) in [6.45, 7) is 0. The molecule has 0 unspecified atom stereocenters. The highest BCUT2D eigenvalue weighted by Crippen LogP contribution is 2.55. The summed E-state index contributed by atoms with van der Waals surface area (Å²) in [5, 5.41) is 4.94. The first-order valence-electron chi connectivity index (χ1n) is 16.9. The van der Waals surface area contributed by atoms with Gasteiger partial charge in [-0.05, 0) is 64.0 Å². The van der Waals surface area contributed by atoms with Crippen molar-refractivity contribution in [3.8, 4) is 28.3 Å². The average Bonchev–Trinajstić information content (AvgIpc) is 3.50. The molecule has 0 spiro atoms. The fourth-order valence-corrected chi connectivity index (χ4v) is 8.21. The maximum atomic E-state index is 6.79. The van der Waals surface area contributed by atoms with Gasteiger partial charge in [0.1, 0.15) is 11.5 Å². The van der Waals surface area contributed by atoms with Crippen LogP contribution in [-0.4, -0.2) is 4.57 Å². The van der Waals surface area contributed by atoms with Crippen LogP contribution in [0.2, 0.25) is 0 Å². The predicted molar refractivity (Wildman–Crippen MR) is 202 cm³/mol. The van der Waals surface area contributed by atoms with Crippen LogP contribution in [0.3, 0.4) is 0 Å². The maximum absolute atomic E-state index is 6.79. The molecular weight excluding hydrogens is 595 g/mol. The zero-order valence-corrected chi connectivity index (χ0v) is 26.8. The molecule has 0 fully saturated rings. The van der Waals surface area contributed by atoms with E-state index in [1.54, 1.807) is 0 Å². The molecule has 1 aromatic heterocycles. The van der Waals surface area contributed by atoms with Crippen molar-refractivity contribution in [1.29, 1.82) is 0 Å². The molecule has 0 radical (unpaired) electrons. The van der Waals surface area contributed by atoms with Gasteiger partial charge in [-0.3, -0.25) is 0 Å². The number of ether oxygens (including phenoxy) is 1. The molecular formula is C47H31NO. The molecule has 2 heteroatoms. The monoisotopic (exact) mass is 625 g/mol. The normalized spacial score (nSPS) is 13.2. The zero-order chi connectivity index (χ0) is 32.4. The minimum absolute atomic E-state index is 0.527. The molecule has 10 rings (SSSR count). The minimum atomic E-state index is -0.527. The second kappa shape index (κ2) is 10.8. The predicted octanol–water partition coefficient (Wildman–Crippen LogP) is 12.1. The quantitative estimate of drug-likeness (QED) is 0.190. The van der Waals surface area contributed by atoms with Gasteiger partial charge in [0.25, 0.3) is 0 Å². The Morgan fingerprint density at radius 1 is 0.388 bits per heavy atom. The SMILES string of the molecule is c1ccc(C2(c3ccccc3)c3ccccc3Oc3cc(-c4ccc5c(c4)c4ccccc4n5-c4cccc5ccccc45)ccc32)cc1. The van der Waals surface area contributed by atoms with Crippen molar-refractivity contribution in [3.63, 3.8) is 0 Å². The van der Waals surface area contributed by atoms with Gasteiger partial charge in [-0.2, -0.15) is 0 Å². The van der Waals surface area contributed by atoms with Crippen LogP contribution in [-0.2, 0) is 5.41 Å². The number of rotatable bonds is 4. The molecule has 49 heavy (non-hydrogen) atoms. The van der Waals surface area contributed by atoms with Gasteiger partial charge in [0, 0.05) is 27.3 Å². The van der Waals surface area contributed by atoms with Crippen LogP contribution in [0.5, 0.6) is 11.5 Å². The first-order valence-corrected chi connectivity index (χ1v) is 16.9. The van der Waals surface area contributed by atoms with E-state index in [0.717, 1.165) is 33.8 Å². The summed E-state index contributed by atoms with van der Waals surface area (Å²) in [5.74, 6) is 1.76. The van der Waals surface area contributed by atoms with Crippen LogP contribution in [0, 0.1) is 0 Å². The van der Waals surface area contributed by atoms with Crippen molar-refractivity contribution < 1.29 is 4.74 Å². The number of hydrogen-bond donors (Lipinski definition) is 0. The third-order valence-corrected chi connectivity index (χ3v) is 10.3. The van der Waals surface area contributed by atoms with E-state index in [-0.39, 0.29) is 0 Å². The van der Waals surface area contributed by atoms with Crippen LogP contribution in [0.4, 0.5) is 0 Å². The number of para-hydroxylation sites is 2. The van der Waals surface area contributed by atoms with Crippen LogP contribution in [0.25, 0.3) is 49.4 Å². The second-order valence-corrected chi connectivity index (χ2v) is 12.9. The van der Waals surface area contributed by atoms with E-state index in [2.05, 4.69) is 193 Å². The smallest absolute Gasteiger partial charge is 0.132 e. The number of hydrogen-bond acceptors (Lipinski definition) is 1. The lowest BCUT2D eigenvalue weighted by Gasteiger charge is -2.41. The lowest BCUT2D eigenvalue weighted by molar-refractivity contribution is 0.435. The van der Waals surface area contributed by atoms with Crippen LogP contribution in [0.1, 0.15) is 22.3 Å². The van der Waals surface area contributed by atoms with Gasteiger partial charge in [0.05, 0.1) is 22.1 Å². The van der Waals surface area contributed by atoms with E-state index in [0.29, 0.717) is 0 Å². The molecule has 0 bridgehead atoms. The molecule has 0 atom stereocenters. The number of fused-ring (bicyclic) bond motifs is 6. The molecule has 0 aliphatic carbocycles. The van der Waals surface area contributed by atoms with Gasteiger partial charge >= 0.3 is 0 Å². The Morgan fingerprint density at radius 2 is 0.980 bits per heavy atom. The van der Waals surface area contributed by atoms with E-state index in [1.807, 2.05) is 0 Å². The van der Waals surface area contributed by atoms with E-state index >= 15 is 0 Å². The molecule has 2 heterocycles. The van der Waals surface area contributed by atoms with Crippen molar-refractivity contribution in [2.75, 3.05) is 0 Å². The van der Waals surface area contributed by atoms with E-state index in [1.165, 1.54) is 49.4 Å². The van der Waals surface area contributed by atoms with Crippen molar-refractivity contribution in [3.05, 3.63) is 210 Å². The number of benzene rings is 8. The third kappa shape index (κ3) is 4.07. The Labute approximate surface area is 285 Å². The first-order chi connectivity index (χ1) is 24.3. The summed E-state index contributed by atoms with van der Waals surface area (Å²) in [7, 11) is 0. The standard InChI is InChI=1S/C47H31NO/c1-3-16-35(17-4-1)47(36-18-5-2-6-19-36)40-22-10-12-25-45(40)49-46-31-34(26-28-41(46)47)33-27-29-44-39(30-33)38-21-9-11-23-43(38)48(44)42-24-13-15-32-14-7-8-20-37(32)42/h1-31H. The summed E-state index contributed by atoms with van der Waals surface area (Å²) in [6, 6.07) is 67.8. The lowest BCUT2D eigenvalue weighted by atomic mass is 9.63. The van der Waals surface area contributed by atoms with Gasteiger partial charge in [0.15, 0.2) is 0 Å². The molecule has 0 saturated carbocycles. The van der Waals surface area contributed by atoms with Gasteiger partial charge in [-0.1, -0.05) is 152 Å². The van der Waals surface area contributed by atoms with Gasteiger partial charge < -0.3 is 9.30 Å². The Bertz CT molecular complexity index is 2640. The Kier molecular flexibility index (Phi) is 6.13. The number of aromatic nitrogens is 1. The largest absolute Gasteiger partial charge is 0.457 e. The van der Waals surface area contributed by atoms with Crippen molar-refractivity contribution in [2.24, 2.45) is 0 Å². The molecule has 9 aromatic rings. The summed E-state index contributed by atoms with van der Waals surface area (Å²) in [5.41, 5.74) is 10.1. The number of nitrogens with zero attached hydrogens (tertiary/aromatic N) is 1. The molecule has 0 N–H and O–H groups in total. The molecule has 8 aromatic carbocycles. The van der Waals surface area contributed by atoms with Crippen molar-refractivity contribution >= 4 is 32.6 Å². The van der Waals surface area contributed by atoms with Crippen molar-refractivity contribution in [2.45, 2.75) is 5.41 Å². The Morgan fingerprint density at radius 3 is 1.80 bits per heavy atom. The topological polar surface area (TPSA) is 14.2 Å². The van der Waals surface area contributed by atoms with Gasteiger partial charge in [-0.15, -0.1) is 0 Å². The van der Waals surface area contributed by atoms with E-state index < -0.39 is 5.41 Å². The molecule has 0 saturated heterocycles. The zero-order valence-electron chi connectivity index (χ0n) is 26.8. The van der Waals surface area contributed by atoms with Crippen LogP contribution < -0.4 is 4.74 Å². The summed E-state index contributed by atoms with van der Waals surface area (Å²) >= 11 is 0. The second-order valence-electron chi connectivity index (χ2n) is 12.9.